The number of ether oxygens (including phenoxy) is 3. The van der Waals surface area contributed by atoms with Gasteiger partial charge in [0.15, 0.2) is 6.61 Å². The van der Waals surface area contributed by atoms with Crippen molar-refractivity contribution in [1.29, 1.82) is 0 Å². The molecule has 0 fully saturated rings. The zero-order chi connectivity index (χ0) is 23.0. The van der Waals surface area contributed by atoms with Crippen LogP contribution < -0.4 is 10.1 Å². The molecule has 0 aliphatic rings. The van der Waals surface area contributed by atoms with Gasteiger partial charge < -0.3 is 19.5 Å². The number of hydrogen-bond acceptors (Lipinski definition) is 8. The van der Waals surface area contributed by atoms with Crippen LogP contribution in [0.4, 0.5) is 0 Å². The number of benzene rings is 1. The number of thiazole rings is 1. The summed E-state index contributed by atoms with van der Waals surface area (Å²) >= 11 is 6.97. The second-order valence-electron chi connectivity index (χ2n) is 7.11. The summed E-state index contributed by atoms with van der Waals surface area (Å²) in [7, 11) is 1.25. The van der Waals surface area contributed by atoms with Crippen LogP contribution in [-0.2, 0) is 25.7 Å². The number of aromatic nitrogens is 1. The first-order valence-corrected chi connectivity index (χ1v) is 10.8. The number of aryl methyl sites for hydroxylation is 1. The summed E-state index contributed by atoms with van der Waals surface area (Å²) < 4.78 is 15.4. The van der Waals surface area contributed by atoms with Crippen molar-refractivity contribution >= 4 is 40.8 Å². The van der Waals surface area contributed by atoms with E-state index in [9.17, 15) is 14.4 Å². The lowest BCUT2D eigenvalue weighted by Crippen LogP contribution is -2.44. The minimum atomic E-state index is -0.794. The summed E-state index contributed by atoms with van der Waals surface area (Å²) in [5, 5.41) is 3.73. The summed E-state index contributed by atoms with van der Waals surface area (Å²) in [4.78, 5) is 40.9. The molecule has 1 aromatic heterocycles. The molecular formula is C21H25ClN2O6S. The molecule has 1 heterocycles. The van der Waals surface area contributed by atoms with Gasteiger partial charge in [0.1, 0.15) is 28.3 Å². The van der Waals surface area contributed by atoms with Crippen LogP contribution in [0.2, 0.25) is 5.02 Å². The van der Waals surface area contributed by atoms with Gasteiger partial charge in [0.2, 0.25) is 0 Å². The lowest BCUT2D eigenvalue weighted by Gasteiger charge is -2.18. The second-order valence-corrected chi connectivity index (χ2v) is 8.63. The van der Waals surface area contributed by atoms with Gasteiger partial charge >= 0.3 is 11.9 Å². The van der Waals surface area contributed by atoms with Crippen LogP contribution in [0.15, 0.2) is 24.3 Å². The Hall–Kier alpha value is -2.65. The molecule has 168 valence electrons. The van der Waals surface area contributed by atoms with Crippen LogP contribution >= 0.6 is 22.9 Å². The maximum Gasteiger partial charge on any atom is 0.350 e. The number of methoxy groups -OCH3 is 1. The third-order valence-corrected chi connectivity index (χ3v) is 5.43. The maximum atomic E-state index is 12.4. The van der Waals surface area contributed by atoms with Gasteiger partial charge in [-0.15, -0.1) is 11.3 Å². The van der Waals surface area contributed by atoms with Crippen molar-refractivity contribution in [1.82, 2.24) is 10.3 Å². The number of carbonyl (C=O) groups excluding carboxylic acids is 3. The molecule has 2 aromatic rings. The first kappa shape index (κ1) is 24.6. The lowest BCUT2D eigenvalue weighted by atomic mass is 10.0. The van der Waals surface area contributed by atoms with Gasteiger partial charge in [0.25, 0.3) is 5.91 Å². The smallest absolute Gasteiger partial charge is 0.350 e. The van der Waals surface area contributed by atoms with E-state index >= 15 is 0 Å². The van der Waals surface area contributed by atoms with Crippen molar-refractivity contribution in [3.05, 3.63) is 44.9 Å². The molecule has 1 atom stereocenters. The molecule has 0 aliphatic carbocycles. The summed E-state index contributed by atoms with van der Waals surface area (Å²) in [6.07, 6.45) is 0.414. The van der Waals surface area contributed by atoms with E-state index in [0.717, 1.165) is 11.3 Å². The zero-order valence-electron chi connectivity index (χ0n) is 17.8. The molecule has 10 heteroatoms. The molecule has 1 unspecified atom stereocenters. The van der Waals surface area contributed by atoms with Gasteiger partial charge in [-0.1, -0.05) is 25.4 Å². The highest BCUT2D eigenvalue weighted by Gasteiger charge is 2.24. The van der Waals surface area contributed by atoms with Crippen molar-refractivity contribution in [2.24, 2.45) is 5.92 Å². The molecule has 31 heavy (non-hydrogen) atoms. The van der Waals surface area contributed by atoms with Crippen LogP contribution in [0, 0.1) is 12.8 Å². The molecule has 0 saturated carbocycles. The van der Waals surface area contributed by atoms with Crippen LogP contribution in [0.25, 0.3) is 0 Å². The number of nitrogens with zero attached hydrogens (tertiary/aromatic N) is 1. The van der Waals surface area contributed by atoms with Crippen molar-refractivity contribution in [3.8, 4) is 5.75 Å². The number of nitrogens with one attached hydrogen (secondary N) is 1. The summed E-state index contributed by atoms with van der Waals surface area (Å²) in [5.74, 6) is -1.00. The van der Waals surface area contributed by atoms with Gasteiger partial charge in [-0.2, -0.15) is 0 Å². The highest BCUT2D eigenvalue weighted by molar-refractivity contribution is 7.13. The fraction of sp³-hybridized carbons (Fsp3) is 0.429. The maximum absolute atomic E-state index is 12.4. The molecule has 2 rings (SSSR count). The third-order valence-electron chi connectivity index (χ3n) is 4.06. The first-order chi connectivity index (χ1) is 14.7. The van der Waals surface area contributed by atoms with E-state index in [2.05, 4.69) is 10.3 Å². The third kappa shape index (κ3) is 7.84. The Bertz CT molecular complexity index is 913. The van der Waals surface area contributed by atoms with Crippen molar-refractivity contribution in [2.45, 2.75) is 39.8 Å². The van der Waals surface area contributed by atoms with Gasteiger partial charge in [0, 0.05) is 5.02 Å². The lowest BCUT2D eigenvalue weighted by molar-refractivity contribution is -0.145. The molecule has 0 spiro atoms. The van der Waals surface area contributed by atoms with Crippen LogP contribution in [0.3, 0.4) is 0 Å². The molecule has 1 N–H and O–H groups in total. The van der Waals surface area contributed by atoms with E-state index in [-0.39, 0.29) is 17.4 Å². The van der Waals surface area contributed by atoms with Crippen molar-refractivity contribution < 1.29 is 28.6 Å². The fourth-order valence-corrected chi connectivity index (χ4v) is 3.64. The first-order valence-electron chi connectivity index (χ1n) is 9.58. The highest BCUT2D eigenvalue weighted by Crippen LogP contribution is 2.22. The number of esters is 2. The van der Waals surface area contributed by atoms with E-state index in [1.54, 1.807) is 31.2 Å². The average molecular weight is 469 g/mol. The largest absolute Gasteiger partial charge is 0.486 e. The van der Waals surface area contributed by atoms with Crippen LogP contribution in [0.5, 0.6) is 5.75 Å². The Balaban J connectivity index is 1.89. The Morgan fingerprint density at radius 1 is 1.19 bits per heavy atom. The quantitative estimate of drug-likeness (QED) is 0.532. The van der Waals surface area contributed by atoms with Gasteiger partial charge in [-0.25, -0.2) is 14.6 Å². The summed E-state index contributed by atoms with van der Waals surface area (Å²) in [5.41, 5.74) is 0.484. The number of amides is 1. The van der Waals surface area contributed by atoms with Gasteiger partial charge in [0.05, 0.1) is 12.8 Å². The minimum absolute atomic E-state index is 0.167. The van der Waals surface area contributed by atoms with Gasteiger partial charge in [-0.05, 0) is 43.5 Å². The Kier molecular flexibility index (Phi) is 9.26. The van der Waals surface area contributed by atoms with Crippen LogP contribution in [0.1, 0.15) is 40.6 Å². The molecule has 1 aromatic carbocycles. The van der Waals surface area contributed by atoms with E-state index in [1.165, 1.54) is 7.11 Å². The summed E-state index contributed by atoms with van der Waals surface area (Å²) in [6.45, 7) is 5.18. The number of rotatable bonds is 10. The second kappa shape index (κ2) is 11.7. The Morgan fingerprint density at radius 2 is 1.87 bits per heavy atom. The van der Waals surface area contributed by atoms with E-state index < -0.39 is 30.5 Å². The summed E-state index contributed by atoms with van der Waals surface area (Å²) in [6, 6.07) is 6.10. The monoisotopic (exact) mass is 468 g/mol. The zero-order valence-corrected chi connectivity index (χ0v) is 19.3. The molecular weight excluding hydrogens is 444 g/mol. The van der Waals surface area contributed by atoms with E-state index in [1.807, 2.05) is 13.8 Å². The molecule has 0 aliphatic heterocycles. The number of carbonyl (C=O) groups is 3. The topological polar surface area (TPSA) is 104 Å². The van der Waals surface area contributed by atoms with Gasteiger partial charge in [-0.3, -0.25) is 4.79 Å². The molecule has 0 radical (unpaired) electrons. The predicted molar refractivity (Wildman–Crippen MR) is 116 cm³/mol. The molecule has 0 saturated heterocycles. The Morgan fingerprint density at radius 3 is 2.48 bits per heavy atom. The van der Waals surface area contributed by atoms with Crippen molar-refractivity contribution in [2.75, 3.05) is 13.7 Å². The standard InChI is InChI=1S/C21H25ClN2O6S/c1-12(2)9-16(20(26)28-4)24-17(25)10-30-21(27)19-13(3)23-18(31-19)11-29-15-7-5-14(22)6-8-15/h5-8,12,16H,9-11H2,1-4H3,(H,24,25). The van der Waals surface area contributed by atoms with E-state index in [0.29, 0.717) is 27.9 Å². The SMILES string of the molecule is COC(=O)C(CC(C)C)NC(=O)COC(=O)c1sc(COc2ccc(Cl)cc2)nc1C. The molecule has 1 amide bonds. The van der Waals surface area contributed by atoms with Crippen LogP contribution in [-0.4, -0.2) is 42.6 Å². The fourth-order valence-electron chi connectivity index (χ4n) is 2.64. The normalized spacial score (nSPS) is 11.7. The predicted octanol–water partition coefficient (Wildman–Crippen LogP) is 3.54. The van der Waals surface area contributed by atoms with E-state index in [4.69, 9.17) is 25.8 Å². The number of halogens is 1. The highest BCUT2D eigenvalue weighted by atomic mass is 35.5. The number of hydrogen-bond donors (Lipinski definition) is 1. The van der Waals surface area contributed by atoms with Crippen molar-refractivity contribution in [3.63, 3.8) is 0 Å². The molecule has 0 bridgehead atoms. The minimum Gasteiger partial charge on any atom is -0.486 e. The Labute approximate surface area is 189 Å². The molecule has 8 nitrogen and oxygen atoms in total. The average Bonchev–Trinajstić information content (AvgIpc) is 3.10.